The lowest BCUT2D eigenvalue weighted by Crippen LogP contribution is -2.39. The standard InChI is InChI=1S/C18H26N2O2/c1-14(2)18(22)20-10-6-9-19(11-12-20)17(21)13-16-8-5-4-7-15(16)3/h4-5,7-8,14H,6,9-13H2,1-3H3. The molecule has 0 unspecified atom stereocenters. The van der Waals surface area contributed by atoms with Crippen molar-refractivity contribution in [2.45, 2.75) is 33.6 Å². The van der Waals surface area contributed by atoms with Crippen molar-refractivity contribution in [3.8, 4) is 0 Å². The van der Waals surface area contributed by atoms with Crippen molar-refractivity contribution in [3.05, 3.63) is 35.4 Å². The van der Waals surface area contributed by atoms with Gasteiger partial charge in [-0.15, -0.1) is 0 Å². The Bertz CT molecular complexity index is 540. The normalized spacial score (nSPS) is 15.8. The number of hydrogen-bond acceptors (Lipinski definition) is 2. The largest absolute Gasteiger partial charge is 0.341 e. The van der Waals surface area contributed by atoms with Gasteiger partial charge in [0.25, 0.3) is 0 Å². The second kappa shape index (κ2) is 7.43. The minimum Gasteiger partial charge on any atom is -0.341 e. The van der Waals surface area contributed by atoms with Crippen LogP contribution in [0.3, 0.4) is 0 Å². The summed E-state index contributed by atoms with van der Waals surface area (Å²) in [5, 5.41) is 0. The van der Waals surface area contributed by atoms with Gasteiger partial charge in [0.05, 0.1) is 6.42 Å². The fourth-order valence-electron chi connectivity index (χ4n) is 2.84. The van der Waals surface area contributed by atoms with Crippen LogP contribution in [0.5, 0.6) is 0 Å². The highest BCUT2D eigenvalue weighted by molar-refractivity contribution is 5.80. The molecule has 1 aliphatic rings. The molecule has 1 saturated heterocycles. The molecular formula is C18H26N2O2. The van der Waals surface area contributed by atoms with Crippen LogP contribution in [0, 0.1) is 12.8 Å². The van der Waals surface area contributed by atoms with Crippen molar-refractivity contribution in [1.82, 2.24) is 9.80 Å². The topological polar surface area (TPSA) is 40.6 Å². The fraction of sp³-hybridized carbons (Fsp3) is 0.556. The molecule has 0 bridgehead atoms. The van der Waals surface area contributed by atoms with Crippen LogP contribution >= 0.6 is 0 Å². The number of amides is 2. The third-order valence-corrected chi connectivity index (χ3v) is 4.26. The lowest BCUT2D eigenvalue weighted by molar-refractivity contribution is -0.135. The molecule has 2 amide bonds. The van der Waals surface area contributed by atoms with Gasteiger partial charge < -0.3 is 9.80 Å². The molecule has 0 aromatic heterocycles. The summed E-state index contributed by atoms with van der Waals surface area (Å²) in [7, 11) is 0. The van der Waals surface area contributed by atoms with Crippen LogP contribution in [-0.2, 0) is 16.0 Å². The Balaban J connectivity index is 1.95. The zero-order valence-corrected chi connectivity index (χ0v) is 13.8. The minimum absolute atomic E-state index is 0.0224. The van der Waals surface area contributed by atoms with E-state index in [2.05, 4.69) is 0 Å². The molecule has 1 aromatic carbocycles. The molecule has 4 nitrogen and oxygen atoms in total. The average molecular weight is 302 g/mol. The van der Waals surface area contributed by atoms with Crippen molar-refractivity contribution in [2.24, 2.45) is 5.92 Å². The second-order valence-electron chi connectivity index (χ2n) is 6.32. The molecule has 1 fully saturated rings. The zero-order chi connectivity index (χ0) is 16.1. The first kappa shape index (κ1) is 16.5. The third-order valence-electron chi connectivity index (χ3n) is 4.26. The monoisotopic (exact) mass is 302 g/mol. The second-order valence-corrected chi connectivity index (χ2v) is 6.32. The lowest BCUT2D eigenvalue weighted by atomic mass is 10.1. The molecule has 2 rings (SSSR count). The number of hydrogen-bond donors (Lipinski definition) is 0. The maximum absolute atomic E-state index is 12.5. The SMILES string of the molecule is Cc1ccccc1CC(=O)N1CCCN(C(=O)C(C)C)CC1. The number of carbonyl (C=O) groups excluding carboxylic acids is 2. The Hall–Kier alpha value is -1.84. The highest BCUT2D eigenvalue weighted by atomic mass is 16.2. The highest BCUT2D eigenvalue weighted by Crippen LogP contribution is 2.12. The summed E-state index contributed by atoms with van der Waals surface area (Å²) < 4.78 is 0. The van der Waals surface area contributed by atoms with Crippen molar-refractivity contribution >= 4 is 11.8 Å². The number of nitrogens with zero attached hydrogens (tertiary/aromatic N) is 2. The summed E-state index contributed by atoms with van der Waals surface area (Å²) >= 11 is 0. The zero-order valence-electron chi connectivity index (χ0n) is 13.8. The Morgan fingerprint density at radius 3 is 2.36 bits per heavy atom. The molecule has 0 atom stereocenters. The third kappa shape index (κ3) is 4.09. The van der Waals surface area contributed by atoms with E-state index < -0.39 is 0 Å². The van der Waals surface area contributed by atoms with E-state index in [1.54, 1.807) is 0 Å². The van der Waals surface area contributed by atoms with Crippen LogP contribution < -0.4 is 0 Å². The molecule has 1 aliphatic heterocycles. The Labute approximate surface area is 133 Å². The van der Waals surface area contributed by atoms with Gasteiger partial charge >= 0.3 is 0 Å². The van der Waals surface area contributed by atoms with E-state index >= 15 is 0 Å². The van der Waals surface area contributed by atoms with Crippen LogP contribution in [0.15, 0.2) is 24.3 Å². The van der Waals surface area contributed by atoms with Crippen molar-refractivity contribution in [3.63, 3.8) is 0 Å². The van der Waals surface area contributed by atoms with E-state index in [1.165, 1.54) is 0 Å². The molecule has 0 saturated carbocycles. The van der Waals surface area contributed by atoms with Gasteiger partial charge in [-0.2, -0.15) is 0 Å². The van der Waals surface area contributed by atoms with Gasteiger partial charge in [0.2, 0.25) is 11.8 Å². The van der Waals surface area contributed by atoms with Crippen LogP contribution in [0.4, 0.5) is 0 Å². The van der Waals surface area contributed by atoms with E-state index in [1.807, 2.05) is 54.8 Å². The minimum atomic E-state index is 0.0224. The number of benzene rings is 1. The molecule has 1 aromatic rings. The molecule has 0 radical (unpaired) electrons. The van der Waals surface area contributed by atoms with Crippen molar-refractivity contribution < 1.29 is 9.59 Å². The summed E-state index contributed by atoms with van der Waals surface area (Å²) in [4.78, 5) is 28.4. The smallest absolute Gasteiger partial charge is 0.227 e. The van der Waals surface area contributed by atoms with Crippen LogP contribution in [0.2, 0.25) is 0 Å². The quantitative estimate of drug-likeness (QED) is 0.859. The summed E-state index contributed by atoms with van der Waals surface area (Å²) in [6.45, 7) is 8.67. The molecule has 120 valence electrons. The van der Waals surface area contributed by atoms with E-state index in [0.29, 0.717) is 19.5 Å². The van der Waals surface area contributed by atoms with Crippen LogP contribution in [0.25, 0.3) is 0 Å². The lowest BCUT2D eigenvalue weighted by Gasteiger charge is -2.23. The maximum Gasteiger partial charge on any atom is 0.227 e. The Morgan fingerprint density at radius 1 is 1.05 bits per heavy atom. The van der Waals surface area contributed by atoms with Gasteiger partial charge in [0.1, 0.15) is 0 Å². The van der Waals surface area contributed by atoms with Gasteiger partial charge in [0, 0.05) is 32.1 Å². The average Bonchev–Trinajstić information content (AvgIpc) is 2.74. The number of aryl methyl sites for hydroxylation is 1. The van der Waals surface area contributed by atoms with Crippen LogP contribution in [-0.4, -0.2) is 47.8 Å². The van der Waals surface area contributed by atoms with E-state index in [-0.39, 0.29) is 17.7 Å². The number of carbonyl (C=O) groups is 2. The molecule has 4 heteroatoms. The highest BCUT2D eigenvalue weighted by Gasteiger charge is 2.23. The van der Waals surface area contributed by atoms with Gasteiger partial charge in [0.15, 0.2) is 0 Å². The number of rotatable bonds is 3. The first-order chi connectivity index (χ1) is 10.5. The Morgan fingerprint density at radius 2 is 1.68 bits per heavy atom. The predicted molar refractivity (Wildman–Crippen MR) is 87.5 cm³/mol. The van der Waals surface area contributed by atoms with Gasteiger partial charge in [-0.25, -0.2) is 0 Å². The molecular weight excluding hydrogens is 276 g/mol. The van der Waals surface area contributed by atoms with Crippen molar-refractivity contribution in [1.29, 1.82) is 0 Å². The summed E-state index contributed by atoms with van der Waals surface area (Å²) in [5.41, 5.74) is 2.24. The maximum atomic E-state index is 12.5. The van der Waals surface area contributed by atoms with E-state index in [9.17, 15) is 9.59 Å². The van der Waals surface area contributed by atoms with Gasteiger partial charge in [-0.05, 0) is 24.5 Å². The fourth-order valence-corrected chi connectivity index (χ4v) is 2.84. The molecule has 0 aliphatic carbocycles. The molecule has 0 N–H and O–H groups in total. The van der Waals surface area contributed by atoms with E-state index in [0.717, 1.165) is 30.6 Å². The van der Waals surface area contributed by atoms with Crippen molar-refractivity contribution in [2.75, 3.05) is 26.2 Å². The van der Waals surface area contributed by atoms with Gasteiger partial charge in [-0.1, -0.05) is 38.1 Å². The Kier molecular flexibility index (Phi) is 5.58. The van der Waals surface area contributed by atoms with Gasteiger partial charge in [-0.3, -0.25) is 9.59 Å². The molecule has 22 heavy (non-hydrogen) atoms. The summed E-state index contributed by atoms with van der Waals surface area (Å²) in [6, 6.07) is 8.01. The molecule has 0 spiro atoms. The summed E-state index contributed by atoms with van der Waals surface area (Å²) in [6.07, 6.45) is 1.31. The summed E-state index contributed by atoms with van der Waals surface area (Å²) in [5.74, 6) is 0.371. The molecule has 1 heterocycles. The van der Waals surface area contributed by atoms with E-state index in [4.69, 9.17) is 0 Å². The predicted octanol–water partition coefficient (Wildman–Crippen LogP) is 2.25. The van der Waals surface area contributed by atoms with Crippen LogP contribution in [0.1, 0.15) is 31.4 Å². The first-order valence-electron chi connectivity index (χ1n) is 8.10. The first-order valence-corrected chi connectivity index (χ1v) is 8.10.